The number of hydrogen-bond acceptors (Lipinski definition) is 2. The average molecular weight is 328 g/mol. The first-order chi connectivity index (χ1) is 9.58. The summed E-state index contributed by atoms with van der Waals surface area (Å²) < 4.78 is 55.8. The van der Waals surface area contributed by atoms with Crippen molar-refractivity contribution in [3.63, 3.8) is 0 Å². The van der Waals surface area contributed by atoms with Gasteiger partial charge in [-0.25, -0.2) is 17.6 Å². The molecular weight excluding hydrogens is 310 g/mol. The van der Waals surface area contributed by atoms with Crippen LogP contribution in [0.3, 0.4) is 0 Å². The van der Waals surface area contributed by atoms with Crippen molar-refractivity contribution in [1.29, 1.82) is 0 Å². The smallest absolute Gasteiger partial charge is 0.293 e. The monoisotopic (exact) mass is 327 g/mol. The van der Waals surface area contributed by atoms with Gasteiger partial charge < -0.3 is 10.1 Å². The largest absolute Gasteiger partial charge is 0.335 e. The molecule has 0 aliphatic carbocycles. The molecule has 0 saturated carbocycles. The molecule has 1 heterocycles. The second-order valence-corrected chi connectivity index (χ2v) is 4.88. The molecule has 0 bridgehead atoms. The molecule has 1 aliphatic heterocycles. The molecule has 1 aliphatic rings. The Bertz CT molecular complexity index is 412. The minimum atomic E-state index is -3.18. The summed E-state index contributed by atoms with van der Waals surface area (Å²) in [6.07, 6.45) is -5.17. The third-order valence-electron chi connectivity index (χ3n) is 3.49. The standard InChI is InChI=1S/C14H17F4NO.ClH/c15-11-3-1-9(2-4-11)12(20-14(18)13(16)17)10-5-7-19-8-6-10;/h1-4,10,12-14,19H,5-8H2;1H. The second-order valence-electron chi connectivity index (χ2n) is 4.88. The van der Waals surface area contributed by atoms with E-state index in [1.807, 2.05) is 0 Å². The van der Waals surface area contributed by atoms with Crippen molar-refractivity contribution in [3.8, 4) is 0 Å². The molecule has 21 heavy (non-hydrogen) atoms. The van der Waals surface area contributed by atoms with Crippen molar-refractivity contribution in [2.45, 2.75) is 31.7 Å². The molecule has 2 nitrogen and oxygen atoms in total. The lowest BCUT2D eigenvalue weighted by Crippen LogP contribution is -2.33. The number of alkyl halides is 3. The molecule has 1 fully saturated rings. The predicted molar refractivity (Wildman–Crippen MR) is 74.0 cm³/mol. The number of hydrogen-bond donors (Lipinski definition) is 1. The maximum Gasteiger partial charge on any atom is 0.293 e. The van der Waals surface area contributed by atoms with Crippen LogP contribution in [0.1, 0.15) is 24.5 Å². The fourth-order valence-electron chi connectivity index (χ4n) is 2.46. The molecule has 1 aromatic rings. The highest BCUT2D eigenvalue weighted by atomic mass is 35.5. The van der Waals surface area contributed by atoms with Crippen molar-refractivity contribution < 1.29 is 22.3 Å². The van der Waals surface area contributed by atoms with E-state index >= 15 is 0 Å². The third kappa shape index (κ3) is 5.13. The molecule has 2 unspecified atom stereocenters. The van der Waals surface area contributed by atoms with Crippen LogP contribution in [0, 0.1) is 11.7 Å². The number of rotatable bonds is 5. The molecule has 1 saturated heterocycles. The minimum Gasteiger partial charge on any atom is -0.335 e. The van der Waals surface area contributed by atoms with Crippen molar-refractivity contribution in [2.75, 3.05) is 13.1 Å². The molecule has 2 rings (SSSR count). The molecule has 1 N–H and O–H groups in total. The molecule has 120 valence electrons. The number of piperidine rings is 1. The first-order valence-electron chi connectivity index (χ1n) is 6.62. The number of halogens is 5. The molecule has 2 atom stereocenters. The molecular formula is C14H18ClF4NO. The lowest BCUT2D eigenvalue weighted by molar-refractivity contribution is -0.174. The molecule has 0 spiro atoms. The van der Waals surface area contributed by atoms with Gasteiger partial charge in [0.1, 0.15) is 5.82 Å². The van der Waals surface area contributed by atoms with Gasteiger partial charge in [0.2, 0.25) is 0 Å². The second kappa shape index (κ2) is 8.56. The van der Waals surface area contributed by atoms with Gasteiger partial charge in [-0.05, 0) is 49.5 Å². The van der Waals surface area contributed by atoms with Crippen molar-refractivity contribution in [1.82, 2.24) is 5.32 Å². The summed E-state index contributed by atoms with van der Waals surface area (Å²) in [7, 11) is 0. The SMILES string of the molecule is Cl.Fc1ccc(C(OC(F)C(F)F)C2CCNCC2)cc1. The zero-order chi connectivity index (χ0) is 14.5. The Morgan fingerprint density at radius 3 is 2.14 bits per heavy atom. The van der Waals surface area contributed by atoms with Crippen LogP contribution in [0.15, 0.2) is 24.3 Å². The zero-order valence-electron chi connectivity index (χ0n) is 11.3. The van der Waals surface area contributed by atoms with Crippen LogP contribution in [0.2, 0.25) is 0 Å². The lowest BCUT2D eigenvalue weighted by Gasteiger charge is -2.31. The normalized spacial score (nSPS) is 19.1. The topological polar surface area (TPSA) is 21.3 Å². The van der Waals surface area contributed by atoms with Gasteiger partial charge in [0, 0.05) is 0 Å². The maximum atomic E-state index is 13.2. The van der Waals surface area contributed by atoms with Gasteiger partial charge in [0.05, 0.1) is 6.10 Å². The van der Waals surface area contributed by atoms with E-state index in [4.69, 9.17) is 4.74 Å². The molecule has 1 aromatic carbocycles. The minimum absolute atomic E-state index is 0. The molecule has 0 aromatic heterocycles. The van der Waals surface area contributed by atoms with E-state index in [1.165, 1.54) is 24.3 Å². The van der Waals surface area contributed by atoms with Crippen LogP contribution in [0.5, 0.6) is 0 Å². The summed E-state index contributed by atoms with van der Waals surface area (Å²) >= 11 is 0. The van der Waals surface area contributed by atoms with Gasteiger partial charge in [-0.2, -0.15) is 0 Å². The fourth-order valence-corrected chi connectivity index (χ4v) is 2.46. The van der Waals surface area contributed by atoms with E-state index < -0.39 is 24.7 Å². The Hall–Kier alpha value is -0.850. The first kappa shape index (κ1) is 18.2. The lowest BCUT2D eigenvalue weighted by atomic mass is 9.88. The summed E-state index contributed by atoms with van der Waals surface area (Å²) in [4.78, 5) is 0. The van der Waals surface area contributed by atoms with Crippen molar-refractivity contribution in [2.24, 2.45) is 5.92 Å². The number of nitrogens with one attached hydrogen (secondary N) is 1. The molecule has 0 amide bonds. The number of ether oxygens (including phenoxy) is 1. The van der Waals surface area contributed by atoms with Gasteiger partial charge in [0.25, 0.3) is 12.8 Å². The van der Waals surface area contributed by atoms with Crippen LogP contribution < -0.4 is 5.32 Å². The van der Waals surface area contributed by atoms with Crippen molar-refractivity contribution >= 4 is 12.4 Å². The maximum absolute atomic E-state index is 13.2. The van der Waals surface area contributed by atoms with Crippen LogP contribution in [0.4, 0.5) is 17.6 Å². The summed E-state index contributed by atoms with van der Waals surface area (Å²) in [5.41, 5.74) is 0.529. The quantitative estimate of drug-likeness (QED) is 0.829. The highest BCUT2D eigenvalue weighted by Crippen LogP contribution is 2.34. The predicted octanol–water partition coefficient (Wildman–Crippen LogP) is 3.87. The Labute approximate surface area is 127 Å². The van der Waals surface area contributed by atoms with E-state index in [0.29, 0.717) is 18.4 Å². The van der Waals surface area contributed by atoms with E-state index in [1.54, 1.807) is 0 Å². The van der Waals surface area contributed by atoms with Gasteiger partial charge in [-0.1, -0.05) is 12.1 Å². The molecule has 0 radical (unpaired) electrons. The van der Waals surface area contributed by atoms with Crippen molar-refractivity contribution in [3.05, 3.63) is 35.6 Å². The summed E-state index contributed by atoms with van der Waals surface area (Å²) in [5.74, 6) is -0.484. The Balaban J connectivity index is 0.00000220. The zero-order valence-corrected chi connectivity index (χ0v) is 12.1. The van der Waals surface area contributed by atoms with Crippen LogP contribution in [-0.4, -0.2) is 25.9 Å². The van der Waals surface area contributed by atoms with Crippen LogP contribution in [-0.2, 0) is 4.74 Å². The van der Waals surface area contributed by atoms with Gasteiger partial charge >= 0.3 is 0 Å². The van der Waals surface area contributed by atoms with E-state index in [0.717, 1.165) is 13.1 Å². The first-order valence-corrected chi connectivity index (χ1v) is 6.62. The Morgan fingerprint density at radius 1 is 1.05 bits per heavy atom. The van der Waals surface area contributed by atoms with Gasteiger partial charge in [-0.3, -0.25) is 0 Å². The Morgan fingerprint density at radius 2 is 1.62 bits per heavy atom. The third-order valence-corrected chi connectivity index (χ3v) is 3.49. The number of benzene rings is 1. The highest BCUT2D eigenvalue weighted by Gasteiger charge is 2.31. The fraction of sp³-hybridized carbons (Fsp3) is 0.571. The van der Waals surface area contributed by atoms with Gasteiger partial charge in [0.15, 0.2) is 0 Å². The summed E-state index contributed by atoms with van der Waals surface area (Å²) in [5, 5.41) is 3.15. The summed E-state index contributed by atoms with van der Waals surface area (Å²) in [6.45, 7) is 1.47. The highest BCUT2D eigenvalue weighted by molar-refractivity contribution is 5.85. The average Bonchev–Trinajstić information content (AvgIpc) is 2.46. The van der Waals surface area contributed by atoms with Crippen LogP contribution >= 0.6 is 12.4 Å². The Kier molecular flexibility index (Phi) is 7.42. The molecule has 7 heteroatoms. The van der Waals surface area contributed by atoms with Crippen LogP contribution in [0.25, 0.3) is 0 Å². The van der Waals surface area contributed by atoms with E-state index in [9.17, 15) is 17.6 Å². The van der Waals surface area contributed by atoms with Gasteiger partial charge in [-0.15, -0.1) is 12.4 Å². The summed E-state index contributed by atoms with van der Waals surface area (Å²) in [6, 6.07) is 5.37. The van der Waals surface area contributed by atoms with E-state index in [-0.39, 0.29) is 18.3 Å². The van der Waals surface area contributed by atoms with E-state index in [2.05, 4.69) is 5.32 Å².